The Morgan fingerprint density at radius 3 is 2.83 bits per heavy atom. The number of halogens is 1. The summed E-state index contributed by atoms with van der Waals surface area (Å²) in [4.78, 5) is 14.8. The second-order valence-electron chi connectivity index (χ2n) is 2.50. The highest BCUT2D eigenvalue weighted by molar-refractivity contribution is 14.1. The highest BCUT2D eigenvalue weighted by Crippen LogP contribution is 2.13. The van der Waals surface area contributed by atoms with Crippen molar-refractivity contribution in [2.75, 3.05) is 5.32 Å². The van der Waals surface area contributed by atoms with Gasteiger partial charge in [0, 0.05) is 16.7 Å². The highest BCUT2D eigenvalue weighted by Gasteiger charge is 2.00. The Morgan fingerprint density at radius 2 is 2.33 bits per heavy atom. The van der Waals surface area contributed by atoms with Gasteiger partial charge in [-0.3, -0.25) is 4.79 Å². The predicted octanol–water partition coefficient (Wildman–Crippen LogP) is 1.95. The molecule has 1 aromatic heterocycles. The maximum atomic E-state index is 10.7. The quantitative estimate of drug-likeness (QED) is 0.796. The van der Waals surface area contributed by atoms with E-state index in [1.54, 1.807) is 6.20 Å². The van der Waals surface area contributed by atoms with Gasteiger partial charge in [0.05, 0.1) is 0 Å². The van der Waals surface area contributed by atoms with Crippen molar-refractivity contribution < 1.29 is 4.79 Å². The molecule has 1 heterocycles. The summed E-state index contributed by atoms with van der Waals surface area (Å²) in [5, 5.41) is 2.65. The molecule has 0 aliphatic carbocycles. The van der Waals surface area contributed by atoms with E-state index in [9.17, 15) is 4.79 Å². The number of rotatable bonds is 1. The molecule has 0 saturated carbocycles. The summed E-state index contributed by atoms with van der Waals surface area (Å²) in [5.41, 5.74) is 0.983. The van der Waals surface area contributed by atoms with Crippen LogP contribution in [-0.2, 0) is 4.79 Å². The van der Waals surface area contributed by atoms with Crippen molar-refractivity contribution in [1.29, 1.82) is 0 Å². The Kier molecular flexibility index (Phi) is 3.02. The smallest absolute Gasteiger partial charge is 0.222 e. The summed E-state index contributed by atoms with van der Waals surface area (Å²) in [7, 11) is 0. The first-order valence-corrected chi connectivity index (χ1v) is 4.57. The largest absolute Gasteiger partial charge is 0.311 e. The van der Waals surface area contributed by atoms with E-state index in [1.807, 2.05) is 13.0 Å². The predicted molar refractivity (Wildman–Crippen MR) is 56.0 cm³/mol. The number of hydrogen-bond acceptors (Lipinski definition) is 2. The third-order valence-corrected chi connectivity index (χ3v) is 1.93. The van der Waals surface area contributed by atoms with E-state index in [2.05, 4.69) is 32.9 Å². The number of pyridine rings is 1. The van der Waals surface area contributed by atoms with Crippen molar-refractivity contribution in [1.82, 2.24) is 4.98 Å². The lowest BCUT2D eigenvalue weighted by molar-refractivity contribution is -0.114. The molecule has 0 bridgehead atoms. The van der Waals surface area contributed by atoms with Gasteiger partial charge < -0.3 is 5.32 Å². The molecule has 12 heavy (non-hydrogen) atoms. The van der Waals surface area contributed by atoms with Crippen LogP contribution in [0.15, 0.2) is 12.3 Å². The lowest BCUT2D eigenvalue weighted by atomic mass is 10.3. The summed E-state index contributed by atoms with van der Waals surface area (Å²) in [6, 6.07) is 1.97. The Balaban J connectivity index is 2.93. The van der Waals surface area contributed by atoms with Gasteiger partial charge in [0.25, 0.3) is 0 Å². The van der Waals surface area contributed by atoms with Crippen LogP contribution in [0, 0.1) is 10.5 Å². The van der Waals surface area contributed by atoms with Crippen LogP contribution in [0.3, 0.4) is 0 Å². The Hall–Kier alpha value is -0.650. The first-order chi connectivity index (χ1) is 5.59. The number of hydrogen-bond donors (Lipinski definition) is 1. The van der Waals surface area contributed by atoms with E-state index in [1.165, 1.54) is 6.92 Å². The van der Waals surface area contributed by atoms with Crippen LogP contribution in [0.5, 0.6) is 0 Å². The number of nitrogens with one attached hydrogen (secondary N) is 1. The Labute approximate surface area is 84.7 Å². The molecule has 0 fully saturated rings. The van der Waals surface area contributed by atoms with Crippen molar-refractivity contribution in [2.45, 2.75) is 13.8 Å². The van der Waals surface area contributed by atoms with Crippen LogP contribution in [-0.4, -0.2) is 10.9 Å². The molecule has 1 N–H and O–H groups in total. The van der Waals surface area contributed by atoms with E-state index in [0.29, 0.717) is 5.82 Å². The van der Waals surface area contributed by atoms with Gasteiger partial charge in [0.15, 0.2) is 0 Å². The van der Waals surface area contributed by atoms with E-state index in [-0.39, 0.29) is 5.91 Å². The second-order valence-corrected chi connectivity index (χ2v) is 3.75. The topological polar surface area (TPSA) is 42.0 Å². The molecule has 0 unspecified atom stereocenters. The number of carbonyl (C=O) groups excluding carboxylic acids is 1. The lowest BCUT2D eigenvalue weighted by Crippen LogP contribution is -2.08. The zero-order valence-corrected chi connectivity index (χ0v) is 9.05. The molecule has 0 atom stereocenters. The molecule has 4 heteroatoms. The molecule has 3 nitrogen and oxygen atoms in total. The molecular weight excluding hydrogens is 267 g/mol. The number of carbonyl (C=O) groups is 1. The third kappa shape index (κ3) is 2.44. The SMILES string of the molecule is CC(=O)Nc1ncc(I)cc1C. The molecule has 1 rings (SSSR count). The van der Waals surface area contributed by atoms with Crippen molar-refractivity contribution in [2.24, 2.45) is 0 Å². The normalized spacial score (nSPS) is 9.58. The van der Waals surface area contributed by atoms with Gasteiger partial charge in [0.1, 0.15) is 5.82 Å². The molecule has 0 radical (unpaired) electrons. The average molecular weight is 276 g/mol. The van der Waals surface area contributed by atoms with Gasteiger partial charge >= 0.3 is 0 Å². The Morgan fingerprint density at radius 1 is 1.67 bits per heavy atom. The van der Waals surface area contributed by atoms with Crippen molar-refractivity contribution in [3.63, 3.8) is 0 Å². The van der Waals surface area contributed by atoms with Crippen LogP contribution in [0.1, 0.15) is 12.5 Å². The molecule has 64 valence electrons. The zero-order valence-electron chi connectivity index (χ0n) is 6.89. The van der Waals surface area contributed by atoms with Gasteiger partial charge in [0.2, 0.25) is 5.91 Å². The van der Waals surface area contributed by atoms with E-state index >= 15 is 0 Å². The summed E-state index contributed by atoms with van der Waals surface area (Å²) in [6.45, 7) is 3.39. The van der Waals surface area contributed by atoms with Crippen LogP contribution >= 0.6 is 22.6 Å². The van der Waals surface area contributed by atoms with Gasteiger partial charge in [-0.1, -0.05) is 0 Å². The van der Waals surface area contributed by atoms with Crippen molar-refractivity contribution >= 4 is 34.3 Å². The van der Waals surface area contributed by atoms with Crippen LogP contribution in [0.2, 0.25) is 0 Å². The van der Waals surface area contributed by atoms with Gasteiger partial charge in [-0.2, -0.15) is 0 Å². The van der Waals surface area contributed by atoms with Gasteiger partial charge in [-0.25, -0.2) is 4.98 Å². The molecular formula is C8H9IN2O. The van der Waals surface area contributed by atoms with E-state index in [0.717, 1.165) is 9.13 Å². The van der Waals surface area contributed by atoms with E-state index < -0.39 is 0 Å². The Bertz CT molecular complexity index is 312. The minimum Gasteiger partial charge on any atom is -0.311 e. The third-order valence-electron chi connectivity index (χ3n) is 1.34. The summed E-state index contributed by atoms with van der Waals surface area (Å²) >= 11 is 2.18. The van der Waals surface area contributed by atoms with Crippen molar-refractivity contribution in [3.05, 3.63) is 21.4 Å². The monoisotopic (exact) mass is 276 g/mol. The zero-order chi connectivity index (χ0) is 9.14. The first kappa shape index (κ1) is 9.44. The second kappa shape index (κ2) is 3.84. The minimum atomic E-state index is -0.0909. The number of anilines is 1. The molecule has 0 aromatic carbocycles. The number of nitrogens with zero attached hydrogens (tertiary/aromatic N) is 1. The maximum absolute atomic E-state index is 10.7. The fourth-order valence-electron chi connectivity index (χ4n) is 0.838. The molecule has 0 aliphatic rings. The van der Waals surface area contributed by atoms with Crippen LogP contribution in [0.25, 0.3) is 0 Å². The molecule has 0 saturated heterocycles. The van der Waals surface area contributed by atoms with Gasteiger partial charge in [-0.05, 0) is 41.1 Å². The number of amides is 1. The molecule has 1 amide bonds. The molecule has 0 spiro atoms. The number of aryl methyl sites for hydroxylation is 1. The van der Waals surface area contributed by atoms with E-state index in [4.69, 9.17) is 0 Å². The molecule has 1 aromatic rings. The van der Waals surface area contributed by atoms with Crippen LogP contribution < -0.4 is 5.32 Å². The summed E-state index contributed by atoms with van der Waals surface area (Å²) < 4.78 is 1.07. The number of aromatic nitrogens is 1. The standard InChI is InChI=1S/C8H9IN2O/c1-5-3-7(9)4-10-8(5)11-6(2)12/h3-4H,1-2H3,(H,10,11,12). The lowest BCUT2D eigenvalue weighted by Gasteiger charge is -2.04. The maximum Gasteiger partial charge on any atom is 0.222 e. The summed E-state index contributed by atoms with van der Waals surface area (Å²) in [6.07, 6.45) is 1.72. The fourth-order valence-corrected chi connectivity index (χ4v) is 1.44. The highest BCUT2D eigenvalue weighted by atomic mass is 127. The van der Waals surface area contributed by atoms with Gasteiger partial charge in [-0.15, -0.1) is 0 Å². The summed E-state index contributed by atoms with van der Waals surface area (Å²) in [5.74, 6) is 0.551. The van der Waals surface area contributed by atoms with Crippen LogP contribution in [0.4, 0.5) is 5.82 Å². The van der Waals surface area contributed by atoms with Crippen molar-refractivity contribution in [3.8, 4) is 0 Å². The molecule has 0 aliphatic heterocycles. The minimum absolute atomic E-state index is 0.0909. The first-order valence-electron chi connectivity index (χ1n) is 3.49. The fraction of sp³-hybridized carbons (Fsp3) is 0.250. The average Bonchev–Trinajstić information content (AvgIpc) is 1.94.